The first-order valence-corrected chi connectivity index (χ1v) is 7.68. The quantitative estimate of drug-likeness (QED) is 0.664. The second-order valence-electron chi connectivity index (χ2n) is 4.20. The van der Waals surface area contributed by atoms with Gasteiger partial charge in [0.15, 0.2) is 0 Å². The predicted octanol–water partition coefficient (Wildman–Crippen LogP) is 0.147. The number of rotatable bonds is 7. The standard InChI is InChI=1S/C13H20N2O3S/c1-2-19(18)8-7-15-13(17)12(14)9-10-3-5-11(16)6-4-10/h3-6,12,16H,2,7-9,14H2,1H3,(H,15,17). The third kappa shape index (κ3) is 5.85. The zero-order valence-electron chi connectivity index (χ0n) is 11.0. The second-order valence-corrected chi connectivity index (χ2v) is 6.07. The summed E-state index contributed by atoms with van der Waals surface area (Å²) in [5.74, 6) is 0.980. The lowest BCUT2D eigenvalue weighted by atomic mass is 10.1. The Bertz CT molecular complexity index is 434. The first-order chi connectivity index (χ1) is 9.02. The summed E-state index contributed by atoms with van der Waals surface area (Å²) in [5.41, 5.74) is 6.67. The molecule has 0 saturated heterocycles. The van der Waals surface area contributed by atoms with E-state index in [4.69, 9.17) is 10.8 Å². The Morgan fingerprint density at radius 1 is 1.42 bits per heavy atom. The van der Waals surface area contributed by atoms with Gasteiger partial charge in [0.2, 0.25) is 5.91 Å². The van der Waals surface area contributed by atoms with Gasteiger partial charge in [0.1, 0.15) is 5.75 Å². The molecule has 0 bridgehead atoms. The average Bonchev–Trinajstić information content (AvgIpc) is 2.40. The molecular weight excluding hydrogens is 264 g/mol. The summed E-state index contributed by atoms with van der Waals surface area (Å²) in [4.78, 5) is 11.7. The molecule has 2 atom stereocenters. The second kappa shape index (κ2) is 7.91. The Hall–Kier alpha value is -1.40. The first-order valence-electron chi connectivity index (χ1n) is 6.19. The van der Waals surface area contributed by atoms with Gasteiger partial charge in [0.05, 0.1) is 6.04 Å². The van der Waals surface area contributed by atoms with Crippen LogP contribution in [0.5, 0.6) is 5.75 Å². The van der Waals surface area contributed by atoms with Gasteiger partial charge in [-0.3, -0.25) is 9.00 Å². The number of phenols is 1. The first kappa shape index (κ1) is 15.7. The predicted molar refractivity (Wildman–Crippen MR) is 76.3 cm³/mol. The van der Waals surface area contributed by atoms with Crippen molar-refractivity contribution in [2.75, 3.05) is 18.1 Å². The Morgan fingerprint density at radius 2 is 2.05 bits per heavy atom. The SMILES string of the molecule is CCS(=O)CCNC(=O)C(N)Cc1ccc(O)cc1. The van der Waals surface area contributed by atoms with Crippen LogP contribution in [-0.4, -0.2) is 39.3 Å². The van der Waals surface area contributed by atoms with E-state index in [9.17, 15) is 9.00 Å². The van der Waals surface area contributed by atoms with E-state index in [-0.39, 0.29) is 11.7 Å². The number of carbonyl (C=O) groups is 1. The Balaban J connectivity index is 2.36. The van der Waals surface area contributed by atoms with Gasteiger partial charge in [-0.1, -0.05) is 19.1 Å². The number of carbonyl (C=O) groups excluding carboxylic acids is 1. The molecule has 19 heavy (non-hydrogen) atoms. The van der Waals surface area contributed by atoms with Crippen LogP contribution in [0.15, 0.2) is 24.3 Å². The molecule has 2 unspecified atom stereocenters. The highest BCUT2D eigenvalue weighted by Crippen LogP contribution is 2.10. The Labute approximate surface area is 115 Å². The van der Waals surface area contributed by atoms with E-state index in [1.165, 1.54) is 0 Å². The lowest BCUT2D eigenvalue weighted by Gasteiger charge is -2.12. The van der Waals surface area contributed by atoms with Gasteiger partial charge in [-0.05, 0) is 24.1 Å². The van der Waals surface area contributed by atoms with Crippen LogP contribution in [0.1, 0.15) is 12.5 Å². The highest BCUT2D eigenvalue weighted by Gasteiger charge is 2.13. The van der Waals surface area contributed by atoms with Crippen molar-refractivity contribution >= 4 is 16.7 Å². The summed E-state index contributed by atoms with van der Waals surface area (Å²) in [6.45, 7) is 2.22. The fraction of sp³-hybridized carbons (Fsp3) is 0.462. The number of nitrogens with two attached hydrogens (primary N) is 1. The molecule has 4 N–H and O–H groups in total. The van der Waals surface area contributed by atoms with Crippen molar-refractivity contribution in [2.24, 2.45) is 5.73 Å². The maximum atomic E-state index is 11.7. The molecule has 1 amide bonds. The van der Waals surface area contributed by atoms with Crippen molar-refractivity contribution in [3.05, 3.63) is 29.8 Å². The third-order valence-corrected chi connectivity index (χ3v) is 3.98. The van der Waals surface area contributed by atoms with Crippen LogP contribution in [0.3, 0.4) is 0 Å². The Kier molecular flexibility index (Phi) is 6.52. The smallest absolute Gasteiger partial charge is 0.237 e. The topological polar surface area (TPSA) is 92.4 Å². The summed E-state index contributed by atoms with van der Waals surface area (Å²) in [5, 5.41) is 11.8. The van der Waals surface area contributed by atoms with E-state index in [2.05, 4.69) is 5.32 Å². The fourth-order valence-corrected chi connectivity index (χ4v) is 2.16. The van der Waals surface area contributed by atoms with E-state index in [1.807, 2.05) is 6.92 Å². The van der Waals surface area contributed by atoms with Gasteiger partial charge in [-0.15, -0.1) is 0 Å². The van der Waals surface area contributed by atoms with Crippen LogP contribution in [0.4, 0.5) is 0 Å². The third-order valence-electron chi connectivity index (χ3n) is 2.68. The summed E-state index contributed by atoms with van der Waals surface area (Å²) >= 11 is 0. The monoisotopic (exact) mass is 284 g/mol. The van der Waals surface area contributed by atoms with Gasteiger partial charge >= 0.3 is 0 Å². The van der Waals surface area contributed by atoms with Crippen LogP contribution in [0.2, 0.25) is 0 Å². The molecule has 0 fully saturated rings. The summed E-state index contributed by atoms with van der Waals surface area (Å²) in [6.07, 6.45) is 0.406. The van der Waals surface area contributed by atoms with E-state index in [1.54, 1.807) is 24.3 Å². The highest BCUT2D eigenvalue weighted by atomic mass is 32.2. The molecule has 1 aromatic rings. The van der Waals surface area contributed by atoms with Gasteiger partial charge in [0.25, 0.3) is 0 Å². The van der Waals surface area contributed by atoms with Crippen LogP contribution in [0.25, 0.3) is 0 Å². The van der Waals surface area contributed by atoms with E-state index in [0.29, 0.717) is 24.5 Å². The molecule has 0 aliphatic carbocycles. The molecular formula is C13H20N2O3S. The minimum absolute atomic E-state index is 0.184. The van der Waals surface area contributed by atoms with Crippen LogP contribution >= 0.6 is 0 Å². The normalized spacial score (nSPS) is 13.8. The van der Waals surface area contributed by atoms with Gasteiger partial charge in [-0.2, -0.15) is 0 Å². The molecule has 0 saturated carbocycles. The summed E-state index contributed by atoms with van der Waals surface area (Å²) in [7, 11) is -0.881. The maximum Gasteiger partial charge on any atom is 0.237 e. The molecule has 0 aliphatic rings. The molecule has 0 heterocycles. The van der Waals surface area contributed by atoms with Crippen LogP contribution < -0.4 is 11.1 Å². The minimum atomic E-state index is -0.881. The minimum Gasteiger partial charge on any atom is -0.508 e. The maximum absolute atomic E-state index is 11.7. The largest absolute Gasteiger partial charge is 0.508 e. The molecule has 0 spiro atoms. The van der Waals surface area contributed by atoms with Crippen molar-refractivity contribution in [1.82, 2.24) is 5.32 Å². The zero-order valence-corrected chi connectivity index (χ0v) is 11.8. The molecule has 1 aromatic carbocycles. The molecule has 0 aliphatic heterocycles. The van der Waals surface area contributed by atoms with E-state index in [0.717, 1.165) is 5.56 Å². The molecule has 0 radical (unpaired) electrons. The number of aromatic hydroxyl groups is 1. The van der Waals surface area contributed by atoms with Crippen molar-refractivity contribution < 1.29 is 14.1 Å². The number of hydrogen-bond acceptors (Lipinski definition) is 4. The van der Waals surface area contributed by atoms with E-state index < -0.39 is 16.8 Å². The summed E-state index contributed by atoms with van der Waals surface area (Å²) < 4.78 is 11.2. The average molecular weight is 284 g/mol. The van der Waals surface area contributed by atoms with Gasteiger partial charge in [0, 0.05) is 28.9 Å². The zero-order chi connectivity index (χ0) is 14.3. The lowest BCUT2D eigenvalue weighted by Crippen LogP contribution is -2.43. The molecule has 6 heteroatoms. The number of phenolic OH excluding ortho intramolecular Hbond substituents is 1. The van der Waals surface area contributed by atoms with Crippen molar-refractivity contribution in [1.29, 1.82) is 0 Å². The van der Waals surface area contributed by atoms with Crippen molar-refractivity contribution in [3.63, 3.8) is 0 Å². The number of hydrogen-bond donors (Lipinski definition) is 3. The molecule has 5 nitrogen and oxygen atoms in total. The number of benzene rings is 1. The van der Waals surface area contributed by atoms with Crippen LogP contribution in [0, 0.1) is 0 Å². The van der Waals surface area contributed by atoms with Crippen molar-refractivity contribution in [2.45, 2.75) is 19.4 Å². The Morgan fingerprint density at radius 3 is 2.63 bits per heavy atom. The lowest BCUT2D eigenvalue weighted by molar-refractivity contribution is -0.122. The van der Waals surface area contributed by atoms with E-state index >= 15 is 0 Å². The summed E-state index contributed by atoms with van der Waals surface area (Å²) in [6, 6.07) is 5.94. The fourth-order valence-electron chi connectivity index (χ4n) is 1.54. The molecule has 0 aromatic heterocycles. The van der Waals surface area contributed by atoms with Crippen molar-refractivity contribution in [3.8, 4) is 5.75 Å². The molecule has 106 valence electrons. The van der Waals surface area contributed by atoms with Gasteiger partial charge < -0.3 is 16.2 Å². The molecule has 1 rings (SSSR count). The highest BCUT2D eigenvalue weighted by molar-refractivity contribution is 7.84. The van der Waals surface area contributed by atoms with Gasteiger partial charge in [-0.25, -0.2) is 0 Å². The van der Waals surface area contributed by atoms with Crippen LogP contribution in [-0.2, 0) is 22.0 Å². The number of nitrogens with one attached hydrogen (secondary N) is 1. The number of amides is 1.